The summed E-state index contributed by atoms with van der Waals surface area (Å²) in [5.41, 5.74) is 1.08. The molecule has 158 valence electrons. The third-order valence-electron chi connectivity index (χ3n) is 4.73. The standard InChI is InChI=1S/C24H18N4O4/c1-32-24(31)19-14-25-12-11-20(19)27-28-21-17-10-6-5-7-15(17)13-18(22(21)29)23(30)26-16-8-3-2-4-9-16/h2-14,29H,1H3,(H,26,30)/b28-27+. The van der Waals surface area contributed by atoms with Gasteiger partial charge >= 0.3 is 5.97 Å². The molecule has 1 aromatic heterocycles. The number of carbonyl (C=O) groups is 2. The fourth-order valence-corrected chi connectivity index (χ4v) is 3.16. The van der Waals surface area contributed by atoms with Crippen LogP contribution in [-0.2, 0) is 4.74 Å². The molecule has 1 heterocycles. The van der Waals surface area contributed by atoms with Gasteiger partial charge in [0, 0.05) is 23.5 Å². The SMILES string of the molecule is COC(=O)c1cnccc1/N=N/c1c(O)c(C(=O)Nc2ccccc2)cc2ccccc12. The quantitative estimate of drug-likeness (QED) is 0.328. The number of amides is 1. The number of para-hydroxylation sites is 1. The van der Waals surface area contributed by atoms with Crippen LogP contribution in [0.4, 0.5) is 17.1 Å². The second kappa shape index (κ2) is 9.05. The number of hydrogen-bond acceptors (Lipinski definition) is 7. The number of ether oxygens (including phenoxy) is 1. The molecule has 4 aromatic rings. The summed E-state index contributed by atoms with van der Waals surface area (Å²) in [7, 11) is 1.25. The van der Waals surface area contributed by atoms with Crippen molar-refractivity contribution in [1.82, 2.24) is 4.98 Å². The average Bonchev–Trinajstić information content (AvgIpc) is 2.83. The maximum Gasteiger partial charge on any atom is 0.341 e. The van der Waals surface area contributed by atoms with Crippen molar-refractivity contribution in [1.29, 1.82) is 0 Å². The lowest BCUT2D eigenvalue weighted by molar-refractivity contribution is 0.0601. The normalized spacial score (nSPS) is 10.9. The molecule has 4 rings (SSSR count). The van der Waals surface area contributed by atoms with Gasteiger partial charge in [0.2, 0.25) is 0 Å². The van der Waals surface area contributed by atoms with Crippen LogP contribution in [0.1, 0.15) is 20.7 Å². The second-order valence-corrected chi connectivity index (χ2v) is 6.75. The summed E-state index contributed by atoms with van der Waals surface area (Å²) in [5.74, 6) is -1.43. The number of hydrogen-bond donors (Lipinski definition) is 2. The van der Waals surface area contributed by atoms with Gasteiger partial charge < -0.3 is 15.2 Å². The van der Waals surface area contributed by atoms with Crippen molar-refractivity contribution in [2.24, 2.45) is 10.2 Å². The predicted octanol–water partition coefficient (Wildman–Crippen LogP) is 5.39. The van der Waals surface area contributed by atoms with E-state index in [1.54, 1.807) is 48.5 Å². The number of rotatable bonds is 5. The van der Waals surface area contributed by atoms with Crippen molar-refractivity contribution in [2.45, 2.75) is 0 Å². The fraction of sp³-hybridized carbons (Fsp3) is 0.0417. The Morgan fingerprint density at radius 1 is 0.969 bits per heavy atom. The number of anilines is 1. The van der Waals surface area contributed by atoms with Crippen molar-refractivity contribution in [3.05, 3.63) is 90.3 Å². The fourth-order valence-electron chi connectivity index (χ4n) is 3.16. The molecule has 0 saturated carbocycles. The van der Waals surface area contributed by atoms with Crippen LogP contribution >= 0.6 is 0 Å². The molecule has 0 radical (unpaired) electrons. The predicted molar refractivity (Wildman–Crippen MR) is 120 cm³/mol. The molecule has 0 spiro atoms. The molecule has 1 amide bonds. The van der Waals surface area contributed by atoms with E-state index >= 15 is 0 Å². The van der Waals surface area contributed by atoms with Crippen LogP contribution in [0.15, 0.2) is 89.4 Å². The summed E-state index contributed by atoms with van der Waals surface area (Å²) in [6.07, 6.45) is 2.78. The largest absolute Gasteiger partial charge is 0.505 e. The molecule has 2 N–H and O–H groups in total. The first-order chi connectivity index (χ1) is 15.6. The van der Waals surface area contributed by atoms with E-state index in [2.05, 4.69) is 20.5 Å². The van der Waals surface area contributed by atoms with Crippen LogP contribution in [0.5, 0.6) is 5.75 Å². The topological polar surface area (TPSA) is 113 Å². The van der Waals surface area contributed by atoms with E-state index in [4.69, 9.17) is 4.74 Å². The Hall–Kier alpha value is -4.59. The molecule has 0 aliphatic rings. The number of azo groups is 1. The van der Waals surface area contributed by atoms with Crippen molar-refractivity contribution < 1.29 is 19.4 Å². The van der Waals surface area contributed by atoms with E-state index in [9.17, 15) is 14.7 Å². The Labute approximate surface area is 183 Å². The van der Waals surface area contributed by atoms with E-state index in [1.807, 2.05) is 12.1 Å². The molecular weight excluding hydrogens is 408 g/mol. The Morgan fingerprint density at radius 2 is 1.72 bits per heavy atom. The van der Waals surface area contributed by atoms with E-state index in [0.717, 1.165) is 0 Å². The van der Waals surface area contributed by atoms with Gasteiger partial charge in [-0.2, -0.15) is 0 Å². The summed E-state index contributed by atoms with van der Waals surface area (Å²) in [4.78, 5) is 28.8. The molecule has 0 aliphatic heterocycles. The summed E-state index contributed by atoms with van der Waals surface area (Å²) < 4.78 is 4.75. The highest BCUT2D eigenvalue weighted by atomic mass is 16.5. The maximum atomic E-state index is 12.9. The first kappa shape index (κ1) is 20.7. The van der Waals surface area contributed by atoms with Gasteiger partial charge in [-0.3, -0.25) is 9.78 Å². The van der Waals surface area contributed by atoms with Crippen LogP contribution in [0.3, 0.4) is 0 Å². The number of esters is 1. The number of nitrogens with one attached hydrogen (secondary N) is 1. The van der Waals surface area contributed by atoms with Crippen LogP contribution in [0.2, 0.25) is 0 Å². The lowest BCUT2D eigenvalue weighted by Gasteiger charge is -2.11. The Bertz CT molecular complexity index is 1340. The molecule has 8 nitrogen and oxygen atoms in total. The number of carbonyl (C=O) groups excluding carboxylic acids is 2. The highest BCUT2D eigenvalue weighted by molar-refractivity contribution is 6.11. The Morgan fingerprint density at radius 3 is 2.50 bits per heavy atom. The lowest BCUT2D eigenvalue weighted by atomic mass is 10.0. The number of methoxy groups -OCH3 is 1. The van der Waals surface area contributed by atoms with E-state index in [-0.39, 0.29) is 28.3 Å². The van der Waals surface area contributed by atoms with Gasteiger partial charge in [-0.1, -0.05) is 42.5 Å². The number of pyridine rings is 1. The maximum absolute atomic E-state index is 12.9. The highest BCUT2D eigenvalue weighted by Gasteiger charge is 2.19. The molecule has 0 saturated heterocycles. The third-order valence-corrected chi connectivity index (χ3v) is 4.73. The third kappa shape index (κ3) is 4.15. The van der Waals surface area contributed by atoms with Crippen molar-refractivity contribution >= 4 is 39.7 Å². The van der Waals surface area contributed by atoms with Crippen LogP contribution in [-0.4, -0.2) is 29.1 Å². The van der Waals surface area contributed by atoms with Gasteiger partial charge in [0.05, 0.1) is 12.7 Å². The van der Waals surface area contributed by atoms with Crippen LogP contribution < -0.4 is 5.32 Å². The monoisotopic (exact) mass is 426 g/mol. The molecule has 0 unspecified atom stereocenters. The first-order valence-electron chi connectivity index (χ1n) is 9.63. The average molecular weight is 426 g/mol. The number of phenolic OH excluding ortho intramolecular Hbond substituents is 1. The molecule has 0 fully saturated rings. The van der Waals surface area contributed by atoms with E-state index in [0.29, 0.717) is 16.5 Å². The molecule has 32 heavy (non-hydrogen) atoms. The summed E-state index contributed by atoms with van der Waals surface area (Å²) in [5, 5.41) is 23.3. The molecular formula is C24H18N4O4. The minimum Gasteiger partial charge on any atom is -0.505 e. The van der Waals surface area contributed by atoms with Crippen LogP contribution in [0, 0.1) is 0 Å². The van der Waals surface area contributed by atoms with Gasteiger partial charge in [-0.15, -0.1) is 10.2 Å². The van der Waals surface area contributed by atoms with Gasteiger partial charge in [0.15, 0.2) is 5.75 Å². The number of benzene rings is 3. The molecule has 0 aliphatic carbocycles. The molecule has 8 heteroatoms. The molecule has 0 atom stereocenters. The second-order valence-electron chi connectivity index (χ2n) is 6.75. The Kier molecular flexibility index (Phi) is 5.85. The number of aromatic hydroxyl groups is 1. The summed E-state index contributed by atoms with van der Waals surface area (Å²) in [6.45, 7) is 0. The number of aromatic nitrogens is 1. The van der Waals surface area contributed by atoms with Crippen molar-refractivity contribution in [2.75, 3.05) is 12.4 Å². The first-order valence-corrected chi connectivity index (χ1v) is 9.63. The number of nitrogens with zero attached hydrogens (tertiary/aromatic N) is 3. The molecule has 3 aromatic carbocycles. The molecule has 0 bridgehead atoms. The van der Waals surface area contributed by atoms with Crippen molar-refractivity contribution in [3.8, 4) is 5.75 Å². The number of fused-ring (bicyclic) bond motifs is 1. The highest BCUT2D eigenvalue weighted by Crippen LogP contribution is 2.39. The van der Waals surface area contributed by atoms with Crippen LogP contribution in [0.25, 0.3) is 10.8 Å². The van der Waals surface area contributed by atoms with Gasteiger partial charge in [-0.25, -0.2) is 4.79 Å². The van der Waals surface area contributed by atoms with Gasteiger partial charge in [0.25, 0.3) is 5.91 Å². The van der Waals surface area contributed by atoms with Gasteiger partial charge in [0.1, 0.15) is 16.9 Å². The summed E-state index contributed by atoms with van der Waals surface area (Å²) >= 11 is 0. The lowest BCUT2D eigenvalue weighted by Crippen LogP contribution is -2.12. The zero-order valence-electron chi connectivity index (χ0n) is 17.0. The minimum absolute atomic E-state index is 0.0458. The smallest absolute Gasteiger partial charge is 0.341 e. The zero-order valence-corrected chi connectivity index (χ0v) is 17.0. The van der Waals surface area contributed by atoms with Crippen molar-refractivity contribution in [3.63, 3.8) is 0 Å². The Balaban J connectivity index is 1.80. The summed E-state index contributed by atoms with van der Waals surface area (Å²) in [6, 6.07) is 19.2. The minimum atomic E-state index is -0.614. The zero-order chi connectivity index (χ0) is 22.5. The van der Waals surface area contributed by atoms with E-state index in [1.165, 1.54) is 25.6 Å². The number of phenols is 1. The van der Waals surface area contributed by atoms with E-state index < -0.39 is 11.9 Å². The van der Waals surface area contributed by atoms with Gasteiger partial charge in [-0.05, 0) is 29.7 Å².